The fourth-order valence-corrected chi connectivity index (χ4v) is 2.95. The van der Waals surface area contributed by atoms with Crippen molar-refractivity contribution in [3.8, 4) is 0 Å². The smallest absolute Gasteiger partial charge is 0.231 e. The monoisotopic (exact) mass is 281 g/mol. The summed E-state index contributed by atoms with van der Waals surface area (Å²) in [6.45, 7) is 9.35. The van der Waals surface area contributed by atoms with E-state index in [4.69, 9.17) is 9.26 Å². The van der Waals surface area contributed by atoms with Gasteiger partial charge >= 0.3 is 0 Å². The molecule has 0 saturated carbocycles. The van der Waals surface area contributed by atoms with Gasteiger partial charge in [-0.3, -0.25) is 0 Å². The molecule has 3 unspecified atom stereocenters. The van der Waals surface area contributed by atoms with Gasteiger partial charge in [0.25, 0.3) is 0 Å². The standard InChI is InChI=1S/C15H27N3O2/c1-10(2)12(11(3)16-5)13-17-14(18-20-13)15(4)8-6-7-9-19-15/h10-12,16H,6-9H2,1-5H3. The van der Waals surface area contributed by atoms with Crippen molar-refractivity contribution in [3.05, 3.63) is 11.7 Å². The van der Waals surface area contributed by atoms with Gasteiger partial charge in [0.2, 0.25) is 11.7 Å². The molecule has 1 aliphatic rings. The largest absolute Gasteiger partial charge is 0.367 e. The van der Waals surface area contributed by atoms with Crippen LogP contribution in [0, 0.1) is 5.92 Å². The number of aromatic nitrogens is 2. The molecule has 5 heteroatoms. The first-order chi connectivity index (χ1) is 9.48. The van der Waals surface area contributed by atoms with Crippen molar-refractivity contribution < 1.29 is 9.26 Å². The summed E-state index contributed by atoms with van der Waals surface area (Å²) in [6, 6.07) is 0.295. The van der Waals surface area contributed by atoms with Crippen LogP contribution in [0.15, 0.2) is 4.52 Å². The van der Waals surface area contributed by atoms with Crippen LogP contribution in [-0.4, -0.2) is 29.8 Å². The normalized spacial score (nSPS) is 26.7. The second-order valence-corrected chi connectivity index (χ2v) is 6.34. The Balaban J connectivity index is 2.22. The number of nitrogens with zero attached hydrogens (tertiary/aromatic N) is 2. The zero-order valence-electron chi connectivity index (χ0n) is 13.3. The average Bonchev–Trinajstić information content (AvgIpc) is 2.89. The van der Waals surface area contributed by atoms with Crippen molar-refractivity contribution in [1.29, 1.82) is 0 Å². The van der Waals surface area contributed by atoms with E-state index in [2.05, 4.69) is 43.2 Å². The lowest BCUT2D eigenvalue weighted by Gasteiger charge is -2.30. The number of hydrogen-bond acceptors (Lipinski definition) is 5. The molecule has 1 aromatic rings. The molecular weight excluding hydrogens is 254 g/mol. The highest BCUT2D eigenvalue weighted by Gasteiger charge is 2.36. The fraction of sp³-hybridized carbons (Fsp3) is 0.867. The van der Waals surface area contributed by atoms with Gasteiger partial charge in [0, 0.05) is 12.6 Å². The molecule has 0 spiro atoms. The van der Waals surface area contributed by atoms with Gasteiger partial charge in [0.05, 0.1) is 5.92 Å². The Labute approximate surface area is 121 Å². The highest BCUT2D eigenvalue weighted by molar-refractivity contribution is 5.05. The topological polar surface area (TPSA) is 60.2 Å². The maximum atomic E-state index is 5.89. The third kappa shape index (κ3) is 3.04. The summed E-state index contributed by atoms with van der Waals surface area (Å²) in [6.07, 6.45) is 3.23. The first kappa shape index (κ1) is 15.4. The van der Waals surface area contributed by atoms with Crippen molar-refractivity contribution in [3.63, 3.8) is 0 Å². The lowest BCUT2D eigenvalue weighted by Crippen LogP contribution is -2.33. The van der Waals surface area contributed by atoms with E-state index in [0.29, 0.717) is 23.7 Å². The molecule has 0 aliphatic carbocycles. The van der Waals surface area contributed by atoms with E-state index >= 15 is 0 Å². The van der Waals surface area contributed by atoms with E-state index in [1.807, 2.05) is 7.05 Å². The third-order valence-corrected chi connectivity index (χ3v) is 4.38. The van der Waals surface area contributed by atoms with E-state index in [1.165, 1.54) is 0 Å². The molecule has 1 aromatic heterocycles. The molecule has 5 nitrogen and oxygen atoms in total. The molecule has 1 aliphatic heterocycles. The first-order valence-corrected chi connectivity index (χ1v) is 7.63. The molecule has 1 saturated heterocycles. The molecule has 3 atom stereocenters. The predicted octanol–water partition coefficient (Wildman–Crippen LogP) is 2.83. The van der Waals surface area contributed by atoms with E-state index in [-0.39, 0.29) is 11.5 Å². The molecule has 20 heavy (non-hydrogen) atoms. The minimum atomic E-state index is -0.385. The maximum absolute atomic E-state index is 5.89. The van der Waals surface area contributed by atoms with Gasteiger partial charge in [-0.15, -0.1) is 0 Å². The molecule has 1 fully saturated rings. The fourth-order valence-electron chi connectivity index (χ4n) is 2.95. The summed E-state index contributed by atoms with van der Waals surface area (Å²) < 4.78 is 11.4. The van der Waals surface area contributed by atoms with Gasteiger partial charge in [0.15, 0.2) is 0 Å². The Hall–Kier alpha value is -0.940. The zero-order valence-corrected chi connectivity index (χ0v) is 13.3. The number of ether oxygens (including phenoxy) is 1. The molecule has 0 bridgehead atoms. The summed E-state index contributed by atoms with van der Waals surface area (Å²) in [7, 11) is 1.96. The summed E-state index contributed by atoms with van der Waals surface area (Å²) in [5, 5.41) is 7.48. The first-order valence-electron chi connectivity index (χ1n) is 7.63. The van der Waals surface area contributed by atoms with Crippen molar-refractivity contribution in [2.75, 3.05) is 13.7 Å². The van der Waals surface area contributed by atoms with Crippen molar-refractivity contribution >= 4 is 0 Å². The maximum Gasteiger partial charge on any atom is 0.231 e. The van der Waals surface area contributed by atoms with Crippen LogP contribution in [0.3, 0.4) is 0 Å². The van der Waals surface area contributed by atoms with Crippen LogP contribution in [-0.2, 0) is 10.3 Å². The van der Waals surface area contributed by atoms with Crippen LogP contribution in [0.2, 0.25) is 0 Å². The van der Waals surface area contributed by atoms with Crippen LogP contribution >= 0.6 is 0 Å². The molecule has 2 rings (SSSR count). The van der Waals surface area contributed by atoms with Crippen molar-refractivity contribution in [1.82, 2.24) is 15.5 Å². The summed E-state index contributed by atoms with van der Waals surface area (Å²) in [5.41, 5.74) is -0.385. The van der Waals surface area contributed by atoms with Gasteiger partial charge in [-0.2, -0.15) is 4.98 Å². The Bertz CT molecular complexity index is 425. The Morgan fingerprint density at radius 3 is 2.55 bits per heavy atom. The van der Waals surface area contributed by atoms with E-state index < -0.39 is 0 Å². The van der Waals surface area contributed by atoms with Gasteiger partial charge < -0.3 is 14.6 Å². The molecule has 0 aromatic carbocycles. The number of nitrogens with one attached hydrogen (secondary N) is 1. The van der Waals surface area contributed by atoms with Crippen LogP contribution in [0.4, 0.5) is 0 Å². The van der Waals surface area contributed by atoms with Crippen LogP contribution in [0.1, 0.15) is 64.6 Å². The Kier molecular flexibility index (Phi) is 4.81. The summed E-state index contributed by atoms with van der Waals surface area (Å²) in [5.74, 6) is 2.06. The number of hydrogen-bond donors (Lipinski definition) is 1. The zero-order chi connectivity index (χ0) is 14.8. The SMILES string of the molecule is CNC(C)C(c1nc(C2(C)CCCCO2)no1)C(C)C. The molecule has 0 radical (unpaired) electrons. The van der Waals surface area contributed by atoms with Crippen molar-refractivity contribution in [2.24, 2.45) is 5.92 Å². The summed E-state index contributed by atoms with van der Waals surface area (Å²) >= 11 is 0. The molecule has 0 amide bonds. The second-order valence-electron chi connectivity index (χ2n) is 6.34. The number of rotatable bonds is 5. The van der Waals surface area contributed by atoms with Crippen molar-refractivity contribution in [2.45, 2.75) is 64.5 Å². The minimum absolute atomic E-state index is 0.216. The van der Waals surface area contributed by atoms with E-state index in [1.54, 1.807) is 0 Å². The predicted molar refractivity (Wildman–Crippen MR) is 77.6 cm³/mol. The number of likely N-dealkylation sites (N-methyl/N-ethyl adjacent to an activating group) is 1. The van der Waals surface area contributed by atoms with Crippen LogP contribution in [0.25, 0.3) is 0 Å². The van der Waals surface area contributed by atoms with Gasteiger partial charge in [-0.1, -0.05) is 19.0 Å². The van der Waals surface area contributed by atoms with E-state index in [9.17, 15) is 0 Å². The van der Waals surface area contributed by atoms with Gasteiger partial charge in [0.1, 0.15) is 5.60 Å². The third-order valence-electron chi connectivity index (χ3n) is 4.38. The summed E-state index contributed by atoms with van der Waals surface area (Å²) in [4.78, 5) is 4.65. The second kappa shape index (κ2) is 6.22. The lowest BCUT2D eigenvalue weighted by molar-refractivity contribution is -0.0770. The molecule has 114 valence electrons. The minimum Gasteiger partial charge on any atom is -0.367 e. The molecule has 2 heterocycles. The van der Waals surface area contributed by atoms with E-state index in [0.717, 1.165) is 25.9 Å². The average molecular weight is 281 g/mol. The highest BCUT2D eigenvalue weighted by Crippen LogP contribution is 2.34. The molecule has 1 N–H and O–H groups in total. The van der Waals surface area contributed by atoms with Gasteiger partial charge in [-0.25, -0.2) is 0 Å². The highest BCUT2D eigenvalue weighted by atomic mass is 16.5. The Morgan fingerprint density at radius 1 is 1.25 bits per heavy atom. The molecular formula is C15H27N3O2. The van der Waals surface area contributed by atoms with Crippen LogP contribution in [0.5, 0.6) is 0 Å². The van der Waals surface area contributed by atoms with Crippen LogP contribution < -0.4 is 5.32 Å². The Morgan fingerprint density at radius 2 is 2.00 bits per heavy atom. The van der Waals surface area contributed by atoms with Gasteiger partial charge in [-0.05, 0) is 46.1 Å². The lowest BCUT2D eigenvalue weighted by atomic mass is 9.89. The quantitative estimate of drug-likeness (QED) is 0.899.